The minimum atomic E-state index is -3.50. The topological polar surface area (TPSA) is 165 Å². The molecule has 0 radical (unpaired) electrons. The Labute approximate surface area is 237 Å². The number of amides is 1. The van der Waals surface area contributed by atoms with E-state index in [0.717, 1.165) is 44.4 Å². The van der Waals surface area contributed by atoms with Gasteiger partial charge in [0.15, 0.2) is 26.1 Å². The summed E-state index contributed by atoms with van der Waals surface area (Å²) in [6, 6.07) is 7.62. The van der Waals surface area contributed by atoms with Crippen molar-refractivity contribution in [2.45, 2.75) is 32.3 Å². The van der Waals surface area contributed by atoms with Crippen molar-refractivity contribution in [1.82, 2.24) is 19.4 Å². The summed E-state index contributed by atoms with van der Waals surface area (Å²) >= 11 is 2.25. The summed E-state index contributed by atoms with van der Waals surface area (Å²) in [5.74, 6) is 4.93. The van der Waals surface area contributed by atoms with Gasteiger partial charge in [-0.1, -0.05) is 52.1 Å². The molecule has 2 N–H and O–H groups in total. The van der Waals surface area contributed by atoms with Crippen molar-refractivity contribution in [3.63, 3.8) is 0 Å². The molecule has 15 heteroatoms. The average molecular weight is 602 g/mol. The van der Waals surface area contributed by atoms with Gasteiger partial charge in [-0.2, -0.15) is 4.31 Å². The third kappa shape index (κ3) is 5.18. The van der Waals surface area contributed by atoms with Crippen LogP contribution >= 0.6 is 22.7 Å². The zero-order chi connectivity index (χ0) is 28.8. The number of carboxylic acids is 1. The number of hydrogen-bond acceptors (Lipinski definition) is 11. The van der Waals surface area contributed by atoms with Gasteiger partial charge < -0.3 is 14.4 Å². The van der Waals surface area contributed by atoms with Gasteiger partial charge in [-0.15, -0.1) is 0 Å². The van der Waals surface area contributed by atoms with Crippen molar-refractivity contribution in [1.29, 1.82) is 0 Å². The van der Waals surface area contributed by atoms with Crippen LogP contribution in [0.2, 0.25) is 0 Å². The van der Waals surface area contributed by atoms with Crippen LogP contribution in [0.1, 0.15) is 45.6 Å². The maximum absolute atomic E-state index is 12.6. The highest BCUT2D eigenvalue weighted by atomic mass is 32.2. The lowest BCUT2D eigenvalue weighted by Crippen LogP contribution is -2.64. The Balaban J connectivity index is 1.31. The van der Waals surface area contributed by atoms with Gasteiger partial charge in [-0.3, -0.25) is 10.1 Å². The van der Waals surface area contributed by atoms with Crippen molar-refractivity contribution >= 4 is 60.1 Å². The van der Waals surface area contributed by atoms with E-state index in [0.29, 0.717) is 25.4 Å². The summed E-state index contributed by atoms with van der Waals surface area (Å²) in [5, 5.41) is 17.1. The molecule has 12 nitrogen and oxygen atoms in total. The van der Waals surface area contributed by atoms with E-state index in [-0.39, 0.29) is 24.5 Å². The molecule has 0 bridgehead atoms. The molecular formula is C25H23N5O7S3. The molecule has 4 heterocycles. The highest BCUT2D eigenvalue weighted by molar-refractivity contribution is 7.88. The molecule has 208 valence electrons. The number of ether oxygens (including phenoxy) is 1. The Morgan fingerprint density at radius 1 is 1.18 bits per heavy atom. The molecule has 0 spiro atoms. The van der Waals surface area contributed by atoms with Crippen molar-refractivity contribution in [2.75, 3.05) is 24.7 Å². The number of sulfonamides is 1. The average Bonchev–Trinajstić information content (AvgIpc) is 3.50. The second kappa shape index (κ2) is 10.3. The van der Waals surface area contributed by atoms with E-state index in [1.165, 1.54) is 0 Å². The Kier molecular flexibility index (Phi) is 7.13. The van der Waals surface area contributed by atoms with E-state index in [1.807, 2.05) is 31.2 Å². The second-order valence-electron chi connectivity index (χ2n) is 9.31. The van der Waals surface area contributed by atoms with E-state index < -0.39 is 33.6 Å². The predicted molar refractivity (Wildman–Crippen MR) is 148 cm³/mol. The lowest BCUT2D eigenvalue weighted by Gasteiger charge is -2.43. The van der Waals surface area contributed by atoms with Crippen LogP contribution in [0.25, 0.3) is 9.66 Å². The lowest BCUT2D eigenvalue weighted by molar-refractivity contribution is -0.148. The number of carboxylic acid groups (broad SMARTS) is 1. The van der Waals surface area contributed by atoms with Gasteiger partial charge in [-0.05, 0) is 43.7 Å². The monoisotopic (exact) mass is 601 g/mol. The number of carbonyl (C=O) groups is 2. The standard InChI is InChI=1S/C25H23N5O7S3/c1-13-7-5-6-8-16(13)14(2)36-24(33)27-19-15(3)37-29-17(19)9-10-18-26-20-21(38-18)28-22(39-20)25(23(31)32)11-30(12-25)40(4,34)35/h5-8,14H,11-12H2,1-4H3,(H,27,33)(H,31,32). The molecule has 1 aliphatic heterocycles. The molecule has 1 unspecified atom stereocenters. The number of aromatic nitrogens is 3. The highest BCUT2D eigenvalue weighted by Gasteiger charge is 2.56. The van der Waals surface area contributed by atoms with E-state index in [1.54, 1.807) is 13.8 Å². The third-order valence-corrected chi connectivity index (χ3v) is 9.79. The van der Waals surface area contributed by atoms with Crippen molar-refractivity contribution in [3.8, 4) is 11.8 Å². The van der Waals surface area contributed by atoms with E-state index in [4.69, 9.17) is 9.26 Å². The minimum absolute atomic E-state index is 0.179. The van der Waals surface area contributed by atoms with Crippen molar-refractivity contribution < 1.29 is 32.4 Å². The van der Waals surface area contributed by atoms with Crippen LogP contribution in [0.15, 0.2) is 28.8 Å². The van der Waals surface area contributed by atoms with Crippen LogP contribution in [0.3, 0.4) is 0 Å². The maximum atomic E-state index is 12.6. The van der Waals surface area contributed by atoms with Crippen LogP contribution in [0.4, 0.5) is 10.5 Å². The number of aryl methyl sites for hydroxylation is 2. The Morgan fingerprint density at radius 3 is 2.52 bits per heavy atom. The molecule has 3 aromatic heterocycles. The highest BCUT2D eigenvalue weighted by Crippen LogP contribution is 2.41. The number of hydrogen-bond donors (Lipinski definition) is 2. The lowest BCUT2D eigenvalue weighted by atomic mass is 9.82. The second-order valence-corrected chi connectivity index (χ2v) is 13.2. The number of nitrogens with one attached hydrogen (secondary N) is 1. The smallest absolute Gasteiger partial charge is 0.412 e. The van der Waals surface area contributed by atoms with Gasteiger partial charge in [0.2, 0.25) is 10.0 Å². The number of nitrogens with zero attached hydrogens (tertiary/aromatic N) is 4. The largest absolute Gasteiger partial charge is 0.480 e. The summed E-state index contributed by atoms with van der Waals surface area (Å²) in [6.07, 6.45) is -0.126. The van der Waals surface area contributed by atoms with E-state index in [9.17, 15) is 23.1 Å². The van der Waals surface area contributed by atoms with E-state index >= 15 is 0 Å². The molecule has 1 atom stereocenters. The fraction of sp³-hybridized carbons (Fsp3) is 0.320. The number of anilines is 1. The summed E-state index contributed by atoms with van der Waals surface area (Å²) in [7, 11) is -3.50. The third-order valence-electron chi connectivity index (χ3n) is 6.44. The molecule has 5 rings (SSSR count). The number of thiazole rings is 2. The summed E-state index contributed by atoms with van der Waals surface area (Å²) in [4.78, 5) is 34.4. The minimum Gasteiger partial charge on any atom is -0.480 e. The van der Waals surface area contributed by atoms with Crippen LogP contribution in [-0.2, 0) is 25.0 Å². The predicted octanol–water partition coefficient (Wildman–Crippen LogP) is 3.66. The summed E-state index contributed by atoms with van der Waals surface area (Å²) < 4.78 is 35.4. The number of aliphatic carboxylic acids is 1. The molecule has 0 aliphatic carbocycles. The zero-order valence-electron chi connectivity index (χ0n) is 21.7. The normalized spacial score (nSPS) is 15.6. The van der Waals surface area contributed by atoms with Gasteiger partial charge >= 0.3 is 12.1 Å². The molecule has 1 aliphatic rings. The first-order valence-electron chi connectivity index (χ1n) is 11.9. The molecule has 1 amide bonds. The number of rotatable bonds is 6. The fourth-order valence-electron chi connectivity index (χ4n) is 4.17. The quantitative estimate of drug-likeness (QED) is 0.312. The number of benzene rings is 1. The number of fused-ring (bicyclic) bond motifs is 1. The van der Waals surface area contributed by atoms with Crippen molar-refractivity contribution in [2.24, 2.45) is 0 Å². The Bertz CT molecular complexity index is 1770. The van der Waals surface area contributed by atoms with Crippen molar-refractivity contribution in [3.05, 3.63) is 56.9 Å². The molecule has 1 saturated heterocycles. The molecule has 40 heavy (non-hydrogen) atoms. The van der Waals surface area contributed by atoms with Crippen LogP contribution in [0.5, 0.6) is 0 Å². The fourth-order valence-corrected chi connectivity index (χ4v) is 7.14. The molecular weight excluding hydrogens is 579 g/mol. The van der Waals surface area contributed by atoms with Crippen LogP contribution in [0, 0.1) is 25.7 Å². The first-order chi connectivity index (χ1) is 18.9. The van der Waals surface area contributed by atoms with Gasteiger partial charge in [0.05, 0.1) is 6.26 Å². The van der Waals surface area contributed by atoms with Gasteiger partial charge in [0.1, 0.15) is 22.2 Å². The number of carbonyl (C=O) groups excluding carboxylic acids is 1. The SMILES string of the molecule is Cc1ccccc1C(C)OC(=O)Nc1c(C#Cc2nc3sc(C4(C(=O)O)CN(S(C)(=O)=O)C4)nc3s2)noc1C. The molecule has 1 aromatic carbocycles. The first kappa shape index (κ1) is 27.7. The van der Waals surface area contributed by atoms with Gasteiger partial charge in [0.25, 0.3) is 0 Å². The molecule has 1 fully saturated rings. The molecule has 4 aromatic rings. The molecule has 0 saturated carbocycles. The van der Waals surface area contributed by atoms with E-state index in [2.05, 4.69) is 32.3 Å². The van der Waals surface area contributed by atoms with Crippen LogP contribution in [-0.4, -0.2) is 64.4 Å². The Hall–Kier alpha value is -3.84. The summed E-state index contributed by atoms with van der Waals surface area (Å²) in [6.45, 7) is 4.99. The maximum Gasteiger partial charge on any atom is 0.412 e. The Morgan fingerprint density at radius 2 is 1.88 bits per heavy atom. The van der Waals surface area contributed by atoms with Gasteiger partial charge in [-0.25, -0.2) is 23.2 Å². The first-order valence-corrected chi connectivity index (χ1v) is 15.3. The van der Waals surface area contributed by atoms with Crippen LogP contribution < -0.4 is 5.32 Å². The summed E-state index contributed by atoms with van der Waals surface area (Å²) in [5.41, 5.74) is 0.952. The van der Waals surface area contributed by atoms with Gasteiger partial charge in [0, 0.05) is 13.1 Å². The zero-order valence-corrected chi connectivity index (χ0v) is 24.2.